The van der Waals surface area contributed by atoms with E-state index in [-0.39, 0.29) is 5.82 Å². The SMILES string of the molecule is CCOC1CC(CC(Br)Cc2cccc(F)c2)C1. The lowest BCUT2D eigenvalue weighted by Gasteiger charge is -2.36. The van der Waals surface area contributed by atoms with E-state index in [0.29, 0.717) is 10.9 Å². The van der Waals surface area contributed by atoms with E-state index in [0.717, 1.165) is 30.9 Å². The lowest BCUT2D eigenvalue weighted by atomic mass is 9.79. The zero-order valence-corrected chi connectivity index (χ0v) is 12.3. The maximum absolute atomic E-state index is 13.1. The number of hydrogen-bond donors (Lipinski definition) is 0. The van der Waals surface area contributed by atoms with E-state index in [1.165, 1.54) is 18.9 Å². The largest absolute Gasteiger partial charge is 0.378 e. The minimum Gasteiger partial charge on any atom is -0.378 e. The van der Waals surface area contributed by atoms with Crippen molar-refractivity contribution in [3.63, 3.8) is 0 Å². The monoisotopic (exact) mass is 314 g/mol. The van der Waals surface area contributed by atoms with Gasteiger partial charge in [0.05, 0.1) is 6.10 Å². The predicted octanol–water partition coefficient (Wildman–Crippen LogP) is 4.34. The molecule has 1 aromatic rings. The van der Waals surface area contributed by atoms with Crippen LogP contribution in [0.2, 0.25) is 0 Å². The summed E-state index contributed by atoms with van der Waals surface area (Å²) in [4.78, 5) is 0.437. The summed E-state index contributed by atoms with van der Waals surface area (Å²) in [6.07, 6.45) is 4.89. The third-order valence-electron chi connectivity index (χ3n) is 3.53. The lowest BCUT2D eigenvalue weighted by Crippen LogP contribution is -2.33. The van der Waals surface area contributed by atoms with Crippen LogP contribution in [0.4, 0.5) is 4.39 Å². The lowest BCUT2D eigenvalue weighted by molar-refractivity contribution is -0.0263. The molecule has 1 aliphatic rings. The molecule has 0 heterocycles. The van der Waals surface area contributed by atoms with Crippen LogP contribution >= 0.6 is 15.9 Å². The summed E-state index contributed by atoms with van der Waals surface area (Å²) in [6, 6.07) is 6.88. The standard InChI is InChI=1S/C15H20BrFO/c1-2-18-15-9-12(10-15)7-13(16)6-11-4-3-5-14(17)8-11/h3-5,8,12-13,15H,2,6-7,9-10H2,1H3. The second kappa shape index (κ2) is 6.67. The van der Waals surface area contributed by atoms with Crippen LogP contribution in [0.1, 0.15) is 31.7 Å². The Hall–Kier alpha value is -0.410. The number of rotatable bonds is 6. The Morgan fingerprint density at radius 2 is 2.22 bits per heavy atom. The maximum atomic E-state index is 13.1. The normalized spacial score (nSPS) is 24.6. The second-order valence-electron chi connectivity index (χ2n) is 5.08. The molecule has 18 heavy (non-hydrogen) atoms. The molecular weight excluding hydrogens is 295 g/mol. The van der Waals surface area contributed by atoms with Gasteiger partial charge in [0, 0.05) is 11.4 Å². The van der Waals surface area contributed by atoms with Crippen LogP contribution in [0.3, 0.4) is 0 Å². The van der Waals surface area contributed by atoms with Crippen LogP contribution in [-0.4, -0.2) is 17.5 Å². The van der Waals surface area contributed by atoms with Crippen molar-refractivity contribution in [2.75, 3.05) is 6.61 Å². The van der Waals surface area contributed by atoms with Gasteiger partial charge in [0.2, 0.25) is 0 Å². The van der Waals surface area contributed by atoms with Crippen molar-refractivity contribution in [3.8, 4) is 0 Å². The zero-order valence-electron chi connectivity index (χ0n) is 10.7. The Kier molecular flexibility index (Phi) is 5.19. The van der Waals surface area contributed by atoms with Crippen molar-refractivity contribution in [3.05, 3.63) is 35.6 Å². The summed E-state index contributed by atoms with van der Waals surface area (Å²) in [5.74, 6) is 0.617. The van der Waals surface area contributed by atoms with Gasteiger partial charge < -0.3 is 4.74 Å². The van der Waals surface area contributed by atoms with Crippen LogP contribution in [-0.2, 0) is 11.2 Å². The van der Waals surface area contributed by atoms with Crippen molar-refractivity contribution >= 4 is 15.9 Å². The smallest absolute Gasteiger partial charge is 0.123 e. The highest BCUT2D eigenvalue weighted by molar-refractivity contribution is 9.09. The summed E-state index contributed by atoms with van der Waals surface area (Å²) in [5.41, 5.74) is 1.07. The van der Waals surface area contributed by atoms with Crippen LogP contribution in [0.25, 0.3) is 0 Å². The quantitative estimate of drug-likeness (QED) is 0.710. The molecule has 1 saturated carbocycles. The zero-order chi connectivity index (χ0) is 13.0. The number of halogens is 2. The Labute approximate surface area is 117 Å². The molecule has 1 aliphatic carbocycles. The molecule has 0 spiro atoms. The van der Waals surface area contributed by atoms with Crippen LogP contribution < -0.4 is 0 Å². The molecule has 0 saturated heterocycles. The summed E-state index contributed by atoms with van der Waals surface area (Å²) in [5, 5.41) is 0. The van der Waals surface area contributed by atoms with E-state index < -0.39 is 0 Å². The van der Waals surface area contributed by atoms with Crippen LogP contribution in [0.15, 0.2) is 24.3 Å². The fourth-order valence-electron chi connectivity index (χ4n) is 2.60. The first-order chi connectivity index (χ1) is 8.67. The van der Waals surface area contributed by atoms with E-state index in [9.17, 15) is 4.39 Å². The minimum absolute atomic E-state index is 0.146. The molecule has 0 bridgehead atoms. The molecule has 3 heteroatoms. The fraction of sp³-hybridized carbons (Fsp3) is 0.600. The second-order valence-corrected chi connectivity index (χ2v) is 6.38. The third-order valence-corrected chi connectivity index (χ3v) is 4.23. The van der Waals surface area contributed by atoms with Crippen molar-refractivity contribution < 1.29 is 9.13 Å². The van der Waals surface area contributed by atoms with Crippen molar-refractivity contribution in [1.82, 2.24) is 0 Å². The van der Waals surface area contributed by atoms with Gasteiger partial charge in [0.15, 0.2) is 0 Å². The van der Waals surface area contributed by atoms with Crippen LogP contribution in [0.5, 0.6) is 0 Å². The molecule has 0 aliphatic heterocycles. The van der Waals surface area contributed by atoms with Gasteiger partial charge in [-0.2, -0.15) is 0 Å². The highest BCUT2D eigenvalue weighted by atomic mass is 79.9. The highest BCUT2D eigenvalue weighted by Crippen LogP contribution is 2.35. The molecule has 0 amide bonds. The van der Waals surface area contributed by atoms with Gasteiger partial charge in [-0.3, -0.25) is 0 Å². The van der Waals surface area contributed by atoms with E-state index in [2.05, 4.69) is 15.9 Å². The summed E-state index contributed by atoms with van der Waals surface area (Å²) in [7, 11) is 0. The maximum Gasteiger partial charge on any atom is 0.123 e. The third kappa shape index (κ3) is 4.06. The number of benzene rings is 1. The molecule has 1 fully saturated rings. The Balaban J connectivity index is 1.71. The summed E-state index contributed by atoms with van der Waals surface area (Å²) < 4.78 is 18.6. The molecule has 100 valence electrons. The Bertz CT molecular complexity index is 377. The molecule has 1 nitrogen and oxygen atoms in total. The average molecular weight is 315 g/mol. The van der Waals surface area contributed by atoms with E-state index in [1.54, 1.807) is 12.1 Å². The van der Waals surface area contributed by atoms with Gasteiger partial charge in [0.1, 0.15) is 5.82 Å². The fourth-order valence-corrected chi connectivity index (χ4v) is 3.51. The summed E-state index contributed by atoms with van der Waals surface area (Å²) >= 11 is 3.71. The molecule has 1 unspecified atom stereocenters. The van der Waals surface area contributed by atoms with Gasteiger partial charge in [-0.25, -0.2) is 4.39 Å². The van der Waals surface area contributed by atoms with Crippen molar-refractivity contribution in [1.29, 1.82) is 0 Å². The minimum atomic E-state index is -0.146. The van der Waals surface area contributed by atoms with Gasteiger partial charge in [-0.1, -0.05) is 28.1 Å². The molecule has 2 rings (SSSR count). The molecule has 0 radical (unpaired) electrons. The molecule has 1 atom stereocenters. The molecule has 0 N–H and O–H groups in total. The first-order valence-corrected chi connectivity index (χ1v) is 7.59. The first-order valence-electron chi connectivity index (χ1n) is 6.67. The van der Waals surface area contributed by atoms with Crippen molar-refractivity contribution in [2.45, 2.75) is 43.5 Å². The molecule has 0 aromatic heterocycles. The Morgan fingerprint density at radius 1 is 1.44 bits per heavy atom. The molecular formula is C15H20BrFO. The van der Waals surface area contributed by atoms with E-state index in [1.807, 2.05) is 13.0 Å². The Morgan fingerprint density at radius 3 is 2.89 bits per heavy atom. The predicted molar refractivity (Wildman–Crippen MR) is 75.6 cm³/mol. The summed E-state index contributed by atoms with van der Waals surface area (Å²) in [6.45, 7) is 2.86. The highest BCUT2D eigenvalue weighted by Gasteiger charge is 2.30. The number of alkyl halides is 1. The van der Waals surface area contributed by atoms with E-state index in [4.69, 9.17) is 4.74 Å². The van der Waals surface area contributed by atoms with Crippen LogP contribution in [0, 0.1) is 11.7 Å². The number of ether oxygens (including phenoxy) is 1. The molecule has 1 aromatic carbocycles. The van der Waals surface area contributed by atoms with Gasteiger partial charge in [-0.15, -0.1) is 0 Å². The van der Waals surface area contributed by atoms with Crippen molar-refractivity contribution in [2.24, 2.45) is 5.92 Å². The van der Waals surface area contributed by atoms with Gasteiger partial charge >= 0.3 is 0 Å². The topological polar surface area (TPSA) is 9.23 Å². The van der Waals surface area contributed by atoms with Gasteiger partial charge in [-0.05, 0) is 56.2 Å². The van der Waals surface area contributed by atoms with Gasteiger partial charge in [0.25, 0.3) is 0 Å². The average Bonchev–Trinajstić information content (AvgIpc) is 2.26. The number of hydrogen-bond acceptors (Lipinski definition) is 1. The first kappa shape index (κ1) is 14.0. The van der Waals surface area contributed by atoms with E-state index >= 15 is 0 Å².